The van der Waals surface area contributed by atoms with Crippen LogP contribution in [0, 0.1) is 5.92 Å². The predicted molar refractivity (Wildman–Crippen MR) is 55.2 cm³/mol. The van der Waals surface area contributed by atoms with Gasteiger partial charge in [-0.2, -0.15) is 0 Å². The SMILES string of the molecule is C=C1CCCC2C1CNC(=C)N2C. The highest BCUT2D eigenvalue weighted by Gasteiger charge is 2.34. The van der Waals surface area contributed by atoms with Crippen LogP contribution in [0.1, 0.15) is 19.3 Å². The topological polar surface area (TPSA) is 15.3 Å². The fourth-order valence-electron chi connectivity index (χ4n) is 2.49. The molecule has 2 rings (SSSR count). The first-order valence-corrected chi connectivity index (χ1v) is 5.03. The molecule has 0 bridgehead atoms. The van der Waals surface area contributed by atoms with Crippen LogP contribution in [-0.2, 0) is 0 Å². The van der Waals surface area contributed by atoms with Gasteiger partial charge < -0.3 is 10.2 Å². The van der Waals surface area contributed by atoms with Crippen molar-refractivity contribution < 1.29 is 0 Å². The van der Waals surface area contributed by atoms with Crippen LogP contribution in [0.3, 0.4) is 0 Å². The molecule has 2 atom stereocenters. The minimum atomic E-state index is 0.643. The summed E-state index contributed by atoms with van der Waals surface area (Å²) in [6, 6.07) is 0.648. The van der Waals surface area contributed by atoms with Gasteiger partial charge in [-0.05, 0) is 19.3 Å². The second-order valence-corrected chi connectivity index (χ2v) is 4.16. The summed E-state index contributed by atoms with van der Waals surface area (Å²) >= 11 is 0. The molecule has 0 aromatic carbocycles. The zero-order valence-electron chi connectivity index (χ0n) is 8.34. The number of fused-ring (bicyclic) bond motifs is 1. The molecular formula is C11H18N2. The molecule has 1 aliphatic carbocycles. The molecule has 0 radical (unpaired) electrons. The highest BCUT2D eigenvalue weighted by atomic mass is 15.3. The van der Waals surface area contributed by atoms with Crippen molar-refractivity contribution >= 4 is 0 Å². The molecule has 1 aliphatic heterocycles. The zero-order chi connectivity index (χ0) is 9.42. The third kappa shape index (κ3) is 1.34. The molecule has 13 heavy (non-hydrogen) atoms. The number of hydrogen-bond acceptors (Lipinski definition) is 2. The fourth-order valence-corrected chi connectivity index (χ4v) is 2.49. The largest absolute Gasteiger partial charge is 0.372 e. The van der Waals surface area contributed by atoms with Crippen molar-refractivity contribution in [3.63, 3.8) is 0 Å². The van der Waals surface area contributed by atoms with Crippen LogP contribution in [0.25, 0.3) is 0 Å². The van der Waals surface area contributed by atoms with E-state index < -0.39 is 0 Å². The van der Waals surface area contributed by atoms with E-state index in [1.165, 1.54) is 24.8 Å². The maximum absolute atomic E-state index is 4.16. The molecule has 1 heterocycles. The molecule has 1 saturated heterocycles. The van der Waals surface area contributed by atoms with Gasteiger partial charge in [0, 0.05) is 25.6 Å². The Morgan fingerprint density at radius 3 is 3.00 bits per heavy atom. The molecule has 2 unspecified atom stereocenters. The smallest absolute Gasteiger partial charge is 0.0939 e. The molecule has 0 aromatic rings. The van der Waals surface area contributed by atoms with Crippen molar-refractivity contribution in [1.29, 1.82) is 0 Å². The van der Waals surface area contributed by atoms with Crippen molar-refractivity contribution in [2.45, 2.75) is 25.3 Å². The monoisotopic (exact) mass is 178 g/mol. The molecule has 0 amide bonds. The highest BCUT2D eigenvalue weighted by Crippen LogP contribution is 2.34. The summed E-state index contributed by atoms with van der Waals surface area (Å²) < 4.78 is 0. The first-order valence-electron chi connectivity index (χ1n) is 5.03. The number of hydrogen-bond donors (Lipinski definition) is 1. The molecule has 0 spiro atoms. The fraction of sp³-hybridized carbons (Fsp3) is 0.636. The van der Waals surface area contributed by atoms with E-state index in [0.29, 0.717) is 12.0 Å². The Labute approximate surface area is 80.3 Å². The molecule has 1 N–H and O–H groups in total. The minimum Gasteiger partial charge on any atom is -0.372 e. The first-order chi connectivity index (χ1) is 6.20. The average Bonchev–Trinajstić information content (AvgIpc) is 2.12. The quantitative estimate of drug-likeness (QED) is 0.568. The van der Waals surface area contributed by atoms with E-state index in [1.54, 1.807) is 0 Å². The van der Waals surface area contributed by atoms with Gasteiger partial charge in [-0.3, -0.25) is 0 Å². The Kier molecular flexibility index (Phi) is 2.06. The minimum absolute atomic E-state index is 0.643. The maximum atomic E-state index is 4.16. The van der Waals surface area contributed by atoms with Gasteiger partial charge in [0.1, 0.15) is 0 Å². The Morgan fingerprint density at radius 2 is 2.23 bits per heavy atom. The van der Waals surface area contributed by atoms with Crippen LogP contribution >= 0.6 is 0 Å². The summed E-state index contributed by atoms with van der Waals surface area (Å²) in [6.45, 7) is 9.19. The summed E-state index contributed by atoms with van der Waals surface area (Å²) in [4.78, 5) is 2.28. The maximum Gasteiger partial charge on any atom is 0.0939 e. The summed E-state index contributed by atoms with van der Waals surface area (Å²) in [7, 11) is 2.13. The van der Waals surface area contributed by atoms with Crippen LogP contribution in [0.4, 0.5) is 0 Å². The number of nitrogens with zero attached hydrogens (tertiary/aromatic N) is 1. The van der Waals surface area contributed by atoms with E-state index in [0.717, 1.165) is 12.4 Å². The lowest BCUT2D eigenvalue weighted by molar-refractivity contribution is 0.154. The summed E-state index contributed by atoms with van der Waals surface area (Å²) in [6.07, 6.45) is 3.79. The number of nitrogens with one attached hydrogen (secondary N) is 1. The van der Waals surface area contributed by atoms with Gasteiger partial charge in [0.15, 0.2) is 0 Å². The highest BCUT2D eigenvalue weighted by molar-refractivity contribution is 5.15. The predicted octanol–water partition coefficient (Wildman–Crippen LogP) is 1.72. The molecule has 72 valence electrons. The van der Waals surface area contributed by atoms with Crippen molar-refractivity contribution in [2.24, 2.45) is 5.92 Å². The standard InChI is InChI=1S/C11H18N2/c1-8-5-4-6-11-10(8)7-12-9(2)13(11)3/h10-12H,1-2,4-7H2,3H3. The molecule has 1 saturated carbocycles. The molecule has 2 nitrogen and oxygen atoms in total. The van der Waals surface area contributed by atoms with Crippen molar-refractivity contribution in [1.82, 2.24) is 10.2 Å². The Balaban J connectivity index is 2.17. The van der Waals surface area contributed by atoms with E-state index in [-0.39, 0.29) is 0 Å². The van der Waals surface area contributed by atoms with Crippen LogP contribution < -0.4 is 5.32 Å². The van der Waals surface area contributed by atoms with E-state index in [1.807, 2.05) is 0 Å². The van der Waals surface area contributed by atoms with Gasteiger partial charge in [0.05, 0.1) is 5.82 Å². The summed E-state index contributed by atoms with van der Waals surface area (Å²) in [5.74, 6) is 1.71. The van der Waals surface area contributed by atoms with E-state index >= 15 is 0 Å². The number of rotatable bonds is 0. The van der Waals surface area contributed by atoms with Gasteiger partial charge in [0.2, 0.25) is 0 Å². The van der Waals surface area contributed by atoms with E-state index in [2.05, 4.69) is 30.4 Å². The van der Waals surface area contributed by atoms with Gasteiger partial charge >= 0.3 is 0 Å². The zero-order valence-corrected chi connectivity index (χ0v) is 8.34. The third-order valence-corrected chi connectivity index (χ3v) is 3.44. The van der Waals surface area contributed by atoms with Crippen LogP contribution in [0.15, 0.2) is 24.6 Å². The lowest BCUT2D eigenvalue weighted by Gasteiger charge is -2.45. The lowest BCUT2D eigenvalue weighted by Crippen LogP contribution is -2.52. The van der Waals surface area contributed by atoms with E-state index in [4.69, 9.17) is 0 Å². The van der Waals surface area contributed by atoms with Gasteiger partial charge in [-0.25, -0.2) is 0 Å². The molecule has 2 fully saturated rings. The van der Waals surface area contributed by atoms with Crippen LogP contribution in [0.5, 0.6) is 0 Å². The normalized spacial score (nSPS) is 34.1. The van der Waals surface area contributed by atoms with Gasteiger partial charge in [-0.1, -0.05) is 18.7 Å². The molecule has 2 aliphatic rings. The van der Waals surface area contributed by atoms with Crippen LogP contribution in [-0.4, -0.2) is 24.5 Å². The molecular weight excluding hydrogens is 160 g/mol. The Hall–Kier alpha value is -0.920. The first kappa shape index (κ1) is 8.67. The van der Waals surface area contributed by atoms with Gasteiger partial charge in [0.25, 0.3) is 0 Å². The lowest BCUT2D eigenvalue weighted by atomic mass is 9.79. The Morgan fingerprint density at radius 1 is 1.46 bits per heavy atom. The second kappa shape index (κ2) is 3.09. The second-order valence-electron chi connectivity index (χ2n) is 4.16. The van der Waals surface area contributed by atoms with Crippen molar-refractivity contribution in [3.05, 3.63) is 24.6 Å². The summed E-state index contributed by atoms with van der Waals surface area (Å²) in [5.41, 5.74) is 1.42. The average molecular weight is 178 g/mol. The third-order valence-electron chi connectivity index (χ3n) is 3.44. The Bertz CT molecular complexity index is 244. The molecule has 2 heteroatoms. The van der Waals surface area contributed by atoms with Crippen molar-refractivity contribution in [3.8, 4) is 0 Å². The van der Waals surface area contributed by atoms with Crippen LogP contribution in [0.2, 0.25) is 0 Å². The van der Waals surface area contributed by atoms with Crippen molar-refractivity contribution in [2.75, 3.05) is 13.6 Å². The van der Waals surface area contributed by atoms with Gasteiger partial charge in [-0.15, -0.1) is 0 Å². The van der Waals surface area contributed by atoms with E-state index in [9.17, 15) is 0 Å². The molecule has 0 aromatic heterocycles. The summed E-state index contributed by atoms with van der Waals surface area (Å²) in [5, 5.41) is 3.33.